The number of nitrogens with one attached hydrogen (secondary N) is 1. The zero-order chi connectivity index (χ0) is 16.3. The van der Waals surface area contributed by atoms with E-state index in [9.17, 15) is 8.42 Å². The van der Waals surface area contributed by atoms with Crippen molar-refractivity contribution in [2.75, 3.05) is 12.8 Å². The number of hydrogen-bond donors (Lipinski definition) is 1. The molecule has 3 rings (SSSR count). The lowest BCUT2D eigenvalue weighted by molar-refractivity contribution is 0.0809. The molecule has 2 aromatic carbocycles. The van der Waals surface area contributed by atoms with Crippen molar-refractivity contribution in [3.05, 3.63) is 71.8 Å². The fraction of sp³-hybridized carbons (Fsp3) is 0.333. The van der Waals surface area contributed by atoms with Crippen LogP contribution in [0.3, 0.4) is 0 Å². The quantitative estimate of drug-likeness (QED) is 0.856. The Morgan fingerprint density at radius 1 is 1.00 bits per heavy atom. The average molecular weight is 331 g/mol. The van der Waals surface area contributed by atoms with E-state index >= 15 is 0 Å². The van der Waals surface area contributed by atoms with Crippen LogP contribution in [0.5, 0.6) is 0 Å². The molecule has 1 atom stereocenters. The molecule has 1 fully saturated rings. The van der Waals surface area contributed by atoms with E-state index in [4.69, 9.17) is 4.18 Å². The molecule has 0 saturated carbocycles. The lowest BCUT2D eigenvalue weighted by atomic mass is 9.79. The molecule has 0 aliphatic carbocycles. The first-order chi connectivity index (χ1) is 11.0. The first-order valence-corrected chi connectivity index (χ1v) is 9.59. The number of rotatable bonds is 5. The maximum absolute atomic E-state index is 12.1. The lowest BCUT2D eigenvalue weighted by Crippen LogP contribution is -2.49. The number of hydrogen-bond acceptors (Lipinski definition) is 4. The van der Waals surface area contributed by atoms with E-state index in [2.05, 4.69) is 5.32 Å². The van der Waals surface area contributed by atoms with Crippen LogP contribution in [0.15, 0.2) is 60.7 Å². The van der Waals surface area contributed by atoms with E-state index < -0.39 is 15.7 Å². The Morgan fingerprint density at radius 3 is 1.91 bits per heavy atom. The number of benzene rings is 2. The van der Waals surface area contributed by atoms with E-state index in [1.807, 2.05) is 60.7 Å². The van der Waals surface area contributed by atoms with Gasteiger partial charge in [0.15, 0.2) is 5.60 Å². The molecule has 2 aromatic rings. The molecule has 1 aliphatic rings. The molecule has 1 N–H and O–H groups in total. The highest BCUT2D eigenvalue weighted by Gasteiger charge is 2.47. The minimum Gasteiger partial charge on any atom is -0.311 e. The first-order valence-electron chi connectivity index (χ1n) is 7.77. The van der Waals surface area contributed by atoms with Gasteiger partial charge in [-0.2, -0.15) is 8.42 Å². The van der Waals surface area contributed by atoms with Crippen LogP contribution in [0.1, 0.15) is 24.0 Å². The summed E-state index contributed by atoms with van der Waals surface area (Å²) in [7, 11) is -3.66. The molecule has 0 bridgehead atoms. The van der Waals surface area contributed by atoms with E-state index in [0.717, 1.165) is 36.8 Å². The van der Waals surface area contributed by atoms with Crippen molar-refractivity contribution in [2.45, 2.75) is 24.5 Å². The van der Waals surface area contributed by atoms with Crippen molar-refractivity contribution in [1.29, 1.82) is 0 Å². The van der Waals surface area contributed by atoms with E-state index in [-0.39, 0.29) is 6.04 Å². The standard InChI is InChI=1S/C18H21NO3S/c1-23(20,21)22-18(17-13-8-14-19-17,15-9-4-2-5-10-15)16-11-6-3-7-12-16/h2-7,9-12,17,19H,8,13-14H2,1H3/t17-/m1/s1. The summed E-state index contributed by atoms with van der Waals surface area (Å²) in [6.07, 6.45) is 2.97. The third-order valence-corrected chi connectivity index (χ3v) is 4.80. The molecule has 4 nitrogen and oxygen atoms in total. The fourth-order valence-corrected chi connectivity index (χ4v) is 4.15. The van der Waals surface area contributed by atoms with Crippen LogP contribution in [-0.2, 0) is 19.9 Å². The van der Waals surface area contributed by atoms with Gasteiger partial charge in [0.2, 0.25) is 0 Å². The highest BCUT2D eigenvalue weighted by molar-refractivity contribution is 7.86. The van der Waals surface area contributed by atoms with Gasteiger partial charge < -0.3 is 5.32 Å². The normalized spacial score (nSPS) is 18.9. The Kier molecular flexibility index (Phi) is 4.53. The van der Waals surface area contributed by atoms with Gasteiger partial charge in [-0.25, -0.2) is 0 Å². The third kappa shape index (κ3) is 3.32. The van der Waals surface area contributed by atoms with Crippen LogP contribution >= 0.6 is 0 Å². The highest BCUT2D eigenvalue weighted by atomic mass is 32.2. The Labute approximate surface area is 137 Å². The SMILES string of the molecule is CS(=O)(=O)OC(c1ccccc1)(c1ccccc1)[C@H]1CCCN1. The summed E-state index contributed by atoms with van der Waals surface area (Å²) in [6, 6.07) is 19.1. The lowest BCUT2D eigenvalue weighted by Gasteiger charge is -2.38. The Morgan fingerprint density at radius 2 is 1.52 bits per heavy atom. The van der Waals surface area contributed by atoms with Crippen LogP contribution < -0.4 is 5.32 Å². The van der Waals surface area contributed by atoms with Crippen LogP contribution in [0, 0.1) is 0 Å². The summed E-state index contributed by atoms with van der Waals surface area (Å²) in [6.45, 7) is 0.860. The Balaban J connectivity index is 2.24. The Bertz CT molecular complexity index is 699. The topological polar surface area (TPSA) is 55.4 Å². The van der Waals surface area contributed by atoms with Crippen molar-refractivity contribution in [2.24, 2.45) is 0 Å². The van der Waals surface area contributed by atoms with Gasteiger partial charge in [0.05, 0.1) is 6.26 Å². The second kappa shape index (κ2) is 6.43. The molecule has 1 aliphatic heterocycles. The summed E-state index contributed by atoms with van der Waals surface area (Å²) in [5.41, 5.74) is 0.638. The molecule has 0 radical (unpaired) electrons. The average Bonchev–Trinajstić information content (AvgIpc) is 3.08. The Hall–Kier alpha value is -1.69. The van der Waals surface area contributed by atoms with Gasteiger partial charge in [-0.05, 0) is 30.5 Å². The third-order valence-electron chi connectivity index (χ3n) is 4.24. The van der Waals surface area contributed by atoms with Crippen molar-refractivity contribution in [3.8, 4) is 0 Å². The van der Waals surface area contributed by atoms with Crippen LogP contribution in [-0.4, -0.2) is 27.3 Å². The van der Waals surface area contributed by atoms with Gasteiger partial charge in [-0.15, -0.1) is 0 Å². The minimum atomic E-state index is -3.66. The summed E-state index contributed by atoms with van der Waals surface area (Å²) in [5.74, 6) is 0. The molecule has 0 unspecified atom stereocenters. The van der Waals surface area contributed by atoms with Crippen LogP contribution in [0.2, 0.25) is 0 Å². The monoisotopic (exact) mass is 331 g/mol. The second-order valence-corrected chi connectivity index (χ2v) is 7.48. The van der Waals surface area contributed by atoms with Crippen molar-refractivity contribution in [1.82, 2.24) is 5.32 Å². The van der Waals surface area contributed by atoms with Crippen molar-refractivity contribution >= 4 is 10.1 Å². The summed E-state index contributed by atoms with van der Waals surface area (Å²) in [5, 5.41) is 3.43. The zero-order valence-electron chi connectivity index (χ0n) is 13.1. The van der Waals surface area contributed by atoms with Crippen LogP contribution in [0.4, 0.5) is 0 Å². The summed E-state index contributed by atoms with van der Waals surface area (Å²) >= 11 is 0. The molecular formula is C18H21NO3S. The summed E-state index contributed by atoms with van der Waals surface area (Å²) < 4.78 is 30.0. The molecular weight excluding hydrogens is 310 g/mol. The minimum absolute atomic E-state index is 0.0953. The molecule has 1 heterocycles. The molecule has 0 amide bonds. The molecule has 0 spiro atoms. The van der Waals surface area contributed by atoms with Gasteiger partial charge in [-0.1, -0.05) is 60.7 Å². The smallest absolute Gasteiger partial charge is 0.265 e. The van der Waals surface area contributed by atoms with Gasteiger partial charge in [0.25, 0.3) is 10.1 Å². The van der Waals surface area contributed by atoms with Gasteiger partial charge in [-0.3, -0.25) is 4.18 Å². The second-order valence-electron chi connectivity index (χ2n) is 5.90. The van der Waals surface area contributed by atoms with Crippen molar-refractivity contribution in [3.63, 3.8) is 0 Å². The van der Waals surface area contributed by atoms with Gasteiger partial charge in [0.1, 0.15) is 0 Å². The van der Waals surface area contributed by atoms with Crippen LogP contribution in [0.25, 0.3) is 0 Å². The maximum Gasteiger partial charge on any atom is 0.265 e. The van der Waals surface area contributed by atoms with Gasteiger partial charge in [0, 0.05) is 6.04 Å². The first kappa shape index (κ1) is 16.2. The zero-order valence-corrected chi connectivity index (χ0v) is 13.9. The largest absolute Gasteiger partial charge is 0.311 e. The molecule has 23 heavy (non-hydrogen) atoms. The highest BCUT2D eigenvalue weighted by Crippen LogP contribution is 2.41. The molecule has 122 valence electrons. The summed E-state index contributed by atoms with van der Waals surface area (Å²) in [4.78, 5) is 0. The predicted octanol–water partition coefficient (Wildman–Crippen LogP) is 2.66. The predicted molar refractivity (Wildman–Crippen MR) is 90.6 cm³/mol. The molecule has 5 heteroatoms. The van der Waals surface area contributed by atoms with Gasteiger partial charge >= 0.3 is 0 Å². The van der Waals surface area contributed by atoms with Crippen molar-refractivity contribution < 1.29 is 12.6 Å². The fourth-order valence-electron chi connectivity index (χ4n) is 3.37. The van der Waals surface area contributed by atoms with E-state index in [0.29, 0.717) is 0 Å². The van der Waals surface area contributed by atoms with E-state index in [1.54, 1.807) is 0 Å². The van der Waals surface area contributed by atoms with E-state index in [1.165, 1.54) is 0 Å². The molecule has 1 saturated heterocycles. The molecule has 0 aromatic heterocycles. The maximum atomic E-state index is 12.1.